The highest BCUT2D eigenvalue weighted by molar-refractivity contribution is 6.31. The van der Waals surface area contributed by atoms with Crippen LogP contribution in [0.2, 0.25) is 5.02 Å². The van der Waals surface area contributed by atoms with Gasteiger partial charge in [-0.05, 0) is 24.5 Å². The summed E-state index contributed by atoms with van der Waals surface area (Å²) in [4.78, 5) is 0. The van der Waals surface area contributed by atoms with Gasteiger partial charge in [0.1, 0.15) is 0 Å². The molecule has 21 heavy (non-hydrogen) atoms. The second-order valence-corrected chi connectivity index (χ2v) is 5.90. The van der Waals surface area contributed by atoms with Crippen LogP contribution in [0.15, 0.2) is 54.6 Å². The molecule has 3 heteroatoms. The van der Waals surface area contributed by atoms with Gasteiger partial charge in [-0.3, -0.25) is 0 Å². The summed E-state index contributed by atoms with van der Waals surface area (Å²) in [5, 5.41) is 4.31. The molecule has 110 valence electrons. The molecule has 1 atom stereocenters. The van der Waals surface area contributed by atoms with Gasteiger partial charge < -0.3 is 10.1 Å². The summed E-state index contributed by atoms with van der Waals surface area (Å²) in [7, 11) is 0. The Hall–Kier alpha value is -1.35. The molecule has 2 aromatic carbocycles. The van der Waals surface area contributed by atoms with Crippen LogP contribution in [-0.4, -0.2) is 12.6 Å². The van der Waals surface area contributed by atoms with Crippen LogP contribution >= 0.6 is 11.6 Å². The van der Waals surface area contributed by atoms with Crippen LogP contribution in [0.3, 0.4) is 0 Å². The fraction of sp³-hybridized carbons (Fsp3) is 0.333. The molecule has 0 aromatic heterocycles. The lowest BCUT2D eigenvalue weighted by Gasteiger charge is -2.20. The molecule has 0 bridgehead atoms. The minimum Gasteiger partial charge on any atom is -0.367 e. The summed E-state index contributed by atoms with van der Waals surface area (Å²) in [6.07, 6.45) is 2.53. The molecule has 0 spiro atoms. The van der Waals surface area contributed by atoms with Gasteiger partial charge in [-0.1, -0.05) is 60.1 Å². The highest BCUT2D eigenvalue weighted by Gasteiger charge is 2.23. The first kappa shape index (κ1) is 14.6. The van der Waals surface area contributed by atoms with E-state index in [1.54, 1.807) is 0 Å². The fourth-order valence-electron chi connectivity index (χ4n) is 2.33. The molecule has 2 aromatic rings. The van der Waals surface area contributed by atoms with Crippen LogP contribution in [0.5, 0.6) is 0 Å². The monoisotopic (exact) mass is 301 g/mol. The van der Waals surface area contributed by atoms with Gasteiger partial charge in [-0.15, -0.1) is 0 Å². The third kappa shape index (κ3) is 4.31. The maximum absolute atomic E-state index is 6.32. The molecular weight excluding hydrogens is 282 g/mol. The van der Waals surface area contributed by atoms with Crippen LogP contribution in [0.25, 0.3) is 0 Å². The second kappa shape index (κ2) is 7.08. The summed E-state index contributed by atoms with van der Waals surface area (Å²) in [5.74, 6) is 0. The van der Waals surface area contributed by atoms with Gasteiger partial charge in [-0.25, -0.2) is 0 Å². The summed E-state index contributed by atoms with van der Waals surface area (Å²) in [5.41, 5.74) is 2.24. The average Bonchev–Trinajstić information content (AvgIpc) is 3.34. The average molecular weight is 302 g/mol. The first-order chi connectivity index (χ1) is 10.3. The lowest BCUT2D eigenvalue weighted by molar-refractivity contribution is 0.0396. The summed E-state index contributed by atoms with van der Waals surface area (Å²) in [6.45, 7) is 1.41. The van der Waals surface area contributed by atoms with Crippen molar-refractivity contribution >= 4 is 11.6 Å². The van der Waals surface area contributed by atoms with Crippen LogP contribution in [0.1, 0.15) is 30.1 Å². The molecular formula is C18H20ClNO. The van der Waals surface area contributed by atoms with E-state index in [0.717, 1.165) is 17.1 Å². The van der Waals surface area contributed by atoms with Gasteiger partial charge in [0.15, 0.2) is 0 Å². The third-order valence-electron chi connectivity index (χ3n) is 3.72. The van der Waals surface area contributed by atoms with Crippen LogP contribution in [0, 0.1) is 0 Å². The zero-order valence-corrected chi connectivity index (χ0v) is 12.7. The molecule has 0 radical (unpaired) electrons. The van der Waals surface area contributed by atoms with Crippen molar-refractivity contribution < 1.29 is 4.74 Å². The summed E-state index contributed by atoms with van der Waals surface area (Å²) >= 11 is 6.32. The molecule has 0 amide bonds. The number of halogens is 1. The first-order valence-corrected chi connectivity index (χ1v) is 7.84. The lowest BCUT2D eigenvalue weighted by atomic mass is 10.1. The third-order valence-corrected chi connectivity index (χ3v) is 4.06. The quantitative estimate of drug-likeness (QED) is 0.821. The van der Waals surface area contributed by atoms with E-state index in [4.69, 9.17) is 16.3 Å². The molecule has 0 aliphatic heterocycles. The van der Waals surface area contributed by atoms with E-state index in [-0.39, 0.29) is 6.10 Å². The van der Waals surface area contributed by atoms with Crippen molar-refractivity contribution in [2.75, 3.05) is 6.54 Å². The lowest BCUT2D eigenvalue weighted by Crippen LogP contribution is -2.25. The molecule has 0 heterocycles. The van der Waals surface area contributed by atoms with Crippen LogP contribution in [-0.2, 0) is 11.3 Å². The zero-order chi connectivity index (χ0) is 14.5. The van der Waals surface area contributed by atoms with E-state index in [1.165, 1.54) is 18.4 Å². The minimum absolute atomic E-state index is 0.0143. The Morgan fingerprint density at radius 3 is 2.48 bits per heavy atom. The SMILES string of the molecule is Clc1ccccc1C(CNC1CC1)OCc1ccccc1. The summed E-state index contributed by atoms with van der Waals surface area (Å²) < 4.78 is 6.13. The topological polar surface area (TPSA) is 21.3 Å². The summed E-state index contributed by atoms with van der Waals surface area (Å²) in [6, 6.07) is 18.8. The maximum Gasteiger partial charge on any atom is 0.0968 e. The van der Waals surface area contributed by atoms with Crippen molar-refractivity contribution in [2.24, 2.45) is 0 Å². The van der Waals surface area contributed by atoms with E-state index >= 15 is 0 Å². The van der Waals surface area contributed by atoms with Gasteiger partial charge in [-0.2, -0.15) is 0 Å². The first-order valence-electron chi connectivity index (χ1n) is 7.46. The standard InChI is InChI=1S/C18H20ClNO/c19-17-9-5-4-8-16(17)18(12-20-15-10-11-15)21-13-14-6-2-1-3-7-14/h1-9,15,18,20H,10-13H2. The number of nitrogens with one attached hydrogen (secondary N) is 1. The van der Waals surface area contributed by atoms with Crippen molar-refractivity contribution in [3.8, 4) is 0 Å². The van der Waals surface area contributed by atoms with Crippen molar-refractivity contribution in [1.29, 1.82) is 0 Å². The molecule has 1 aliphatic rings. The fourth-order valence-corrected chi connectivity index (χ4v) is 2.58. The highest BCUT2D eigenvalue weighted by Crippen LogP contribution is 2.27. The molecule has 1 fully saturated rings. The van der Waals surface area contributed by atoms with E-state index in [9.17, 15) is 0 Å². The predicted octanol–water partition coefficient (Wildman–Crippen LogP) is 4.35. The van der Waals surface area contributed by atoms with Crippen LogP contribution < -0.4 is 5.32 Å². The van der Waals surface area contributed by atoms with Gasteiger partial charge in [0.2, 0.25) is 0 Å². The predicted molar refractivity (Wildman–Crippen MR) is 86.4 cm³/mol. The number of hydrogen-bond donors (Lipinski definition) is 1. The molecule has 2 nitrogen and oxygen atoms in total. The van der Waals surface area contributed by atoms with Gasteiger partial charge in [0.25, 0.3) is 0 Å². The number of benzene rings is 2. The normalized spacial score (nSPS) is 15.9. The van der Waals surface area contributed by atoms with E-state index in [0.29, 0.717) is 12.6 Å². The largest absolute Gasteiger partial charge is 0.367 e. The molecule has 0 saturated heterocycles. The molecule has 1 aliphatic carbocycles. The van der Waals surface area contributed by atoms with Gasteiger partial charge in [0.05, 0.1) is 12.7 Å². The second-order valence-electron chi connectivity index (χ2n) is 5.49. The van der Waals surface area contributed by atoms with E-state index in [1.807, 2.05) is 42.5 Å². The smallest absolute Gasteiger partial charge is 0.0968 e. The Balaban J connectivity index is 1.67. The van der Waals surface area contributed by atoms with Gasteiger partial charge >= 0.3 is 0 Å². The van der Waals surface area contributed by atoms with Crippen molar-refractivity contribution in [1.82, 2.24) is 5.32 Å². The number of rotatable bonds is 7. The maximum atomic E-state index is 6.32. The molecule has 1 unspecified atom stereocenters. The molecule has 1 saturated carbocycles. The van der Waals surface area contributed by atoms with Crippen molar-refractivity contribution in [3.05, 3.63) is 70.7 Å². The molecule has 1 N–H and O–H groups in total. The Morgan fingerprint density at radius 1 is 1.05 bits per heavy atom. The molecule has 3 rings (SSSR count). The van der Waals surface area contributed by atoms with Crippen molar-refractivity contribution in [2.45, 2.75) is 31.6 Å². The van der Waals surface area contributed by atoms with E-state index < -0.39 is 0 Å². The Labute approximate surface area is 131 Å². The van der Waals surface area contributed by atoms with Gasteiger partial charge in [0, 0.05) is 23.2 Å². The Morgan fingerprint density at radius 2 is 1.76 bits per heavy atom. The minimum atomic E-state index is -0.0143. The number of ether oxygens (including phenoxy) is 1. The zero-order valence-electron chi connectivity index (χ0n) is 12.0. The highest BCUT2D eigenvalue weighted by atomic mass is 35.5. The Bertz CT molecular complexity index is 568. The van der Waals surface area contributed by atoms with E-state index in [2.05, 4.69) is 17.4 Å². The van der Waals surface area contributed by atoms with Crippen molar-refractivity contribution in [3.63, 3.8) is 0 Å². The number of hydrogen-bond acceptors (Lipinski definition) is 2. The van der Waals surface area contributed by atoms with Crippen LogP contribution in [0.4, 0.5) is 0 Å². The Kier molecular flexibility index (Phi) is 4.91.